The summed E-state index contributed by atoms with van der Waals surface area (Å²) >= 11 is 0. The minimum atomic E-state index is -4.15. The van der Waals surface area contributed by atoms with Crippen LogP contribution in [-0.4, -0.2) is 43.0 Å². The fourth-order valence-corrected chi connectivity index (χ4v) is 3.62. The van der Waals surface area contributed by atoms with E-state index in [4.69, 9.17) is 25.5 Å². The van der Waals surface area contributed by atoms with Crippen LogP contribution in [0.5, 0.6) is 11.5 Å². The Morgan fingerprint density at radius 1 is 1.16 bits per heavy atom. The lowest BCUT2D eigenvalue weighted by atomic mass is 9.98. The molecule has 1 aliphatic heterocycles. The predicted octanol–water partition coefficient (Wildman–Crippen LogP) is 1.60. The summed E-state index contributed by atoms with van der Waals surface area (Å²) in [7, 11) is -4.15. The van der Waals surface area contributed by atoms with E-state index >= 15 is 0 Å². The third-order valence-corrected chi connectivity index (χ3v) is 5.28. The second-order valence-corrected chi connectivity index (χ2v) is 8.40. The predicted molar refractivity (Wildman–Crippen MR) is 112 cm³/mol. The number of benzene rings is 2. The van der Waals surface area contributed by atoms with Crippen molar-refractivity contribution in [2.24, 2.45) is 16.5 Å². The third kappa shape index (κ3) is 6.03. The Hall–Kier alpha value is -3.44. The summed E-state index contributed by atoms with van der Waals surface area (Å²) in [5.74, 6) is -1.04. The van der Waals surface area contributed by atoms with E-state index in [0.717, 1.165) is 0 Å². The summed E-state index contributed by atoms with van der Waals surface area (Å²) in [4.78, 5) is 29.0. The van der Waals surface area contributed by atoms with E-state index in [1.54, 1.807) is 12.1 Å². The summed E-state index contributed by atoms with van der Waals surface area (Å²) < 4.78 is 41.5. The number of aliphatic imine (C=N–C) groups is 1. The largest absolute Gasteiger partial charge is 0.493 e. The highest BCUT2D eigenvalue weighted by atomic mass is 32.2. The van der Waals surface area contributed by atoms with Gasteiger partial charge < -0.3 is 20.9 Å². The Balaban J connectivity index is 1.77. The second-order valence-electron chi connectivity index (χ2n) is 6.83. The Morgan fingerprint density at radius 2 is 1.87 bits per heavy atom. The molecule has 0 atom stereocenters. The number of Topliss-reactive ketones (excluding diaryl/α,β-unsaturated/α-hetero) is 1. The quantitative estimate of drug-likeness (QED) is 0.136. The maximum absolute atomic E-state index is 12.6. The first-order valence-electron chi connectivity index (χ1n) is 9.32. The van der Waals surface area contributed by atoms with Gasteiger partial charge in [-0.3, -0.25) is 9.35 Å². The van der Waals surface area contributed by atoms with Gasteiger partial charge in [-0.1, -0.05) is 0 Å². The molecule has 164 valence electrons. The van der Waals surface area contributed by atoms with Gasteiger partial charge in [-0.2, -0.15) is 8.42 Å². The van der Waals surface area contributed by atoms with Crippen LogP contribution >= 0.6 is 0 Å². The maximum Gasteiger partial charge on any atom is 0.343 e. The molecule has 0 bridgehead atoms. The van der Waals surface area contributed by atoms with Gasteiger partial charge in [-0.05, 0) is 36.8 Å². The first-order valence-corrected chi connectivity index (χ1v) is 10.9. The number of guanidine groups is 1. The highest BCUT2D eigenvalue weighted by Crippen LogP contribution is 2.34. The summed E-state index contributed by atoms with van der Waals surface area (Å²) in [6.07, 6.45) is 0.393. The van der Waals surface area contributed by atoms with Gasteiger partial charge in [0.1, 0.15) is 11.5 Å². The number of esters is 1. The van der Waals surface area contributed by atoms with E-state index in [9.17, 15) is 18.0 Å². The van der Waals surface area contributed by atoms with E-state index in [1.165, 1.54) is 24.3 Å². The van der Waals surface area contributed by atoms with Gasteiger partial charge >= 0.3 is 5.97 Å². The number of carbonyl (C=O) groups is 2. The molecular formula is C20H21N3O7S. The monoisotopic (exact) mass is 447 g/mol. The number of rotatable bonds is 8. The number of nitrogens with two attached hydrogens (primary N) is 2. The lowest BCUT2D eigenvalue weighted by Crippen LogP contribution is -2.21. The fourth-order valence-electron chi connectivity index (χ4n) is 3.11. The average molecular weight is 447 g/mol. The summed E-state index contributed by atoms with van der Waals surface area (Å²) in [6, 6.07) is 9.06. The van der Waals surface area contributed by atoms with Gasteiger partial charge in [0.2, 0.25) is 0 Å². The molecule has 11 heteroatoms. The van der Waals surface area contributed by atoms with Gasteiger partial charge in [0.15, 0.2) is 11.7 Å². The minimum Gasteiger partial charge on any atom is -0.493 e. The second kappa shape index (κ2) is 9.14. The number of hydrogen-bond donors (Lipinski definition) is 3. The molecule has 0 aromatic heterocycles. The van der Waals surface area contributed by atoms with Crippen molar-refractivity contribution in [3.63, 3.8) is 0 Å². The van der Waals surface area contributed by atoms with Crippen LogP contribution in [0.3, 0.4) is 0 Å². The van der Waals surface area contributed by atoms with Crippen LogP contribution in [0.4, 0.5) is 5.69 Å². The van der Waals surface area contributed by atoms with Crippen molar-refractivity contribution in [3.05, 3.63) is 53.1 Å². The van der Waals surface area contributed by atoms with Crippen molar-refractivity contribution in [1.29, 1.82) is 0 Å². The van der Waals surface area contributed by atoms with Crippen LogP contribution in [0, 0.1) is 0 Å². The molecule has 0 saturated heterocycles. The molecule has 31 heavy (non-hydrogen) atoms. The van der Waals surface area contributed by atoms with E-state index in [1.807, 2.05) is 0 Å². The molecule has 0 aliphatic carbocycles. The minimum absolute atomic E-state index is 0.0283. The summed E-state index contributed by atoms with van der Waals surface area (Å²) in [5, 5.41) is 0. The summed E-state index contributed by atoms with van der Waals surface area (Å²) in [5.41, 5.74) is 12.3. The third-order valence-electron chi connectivity index (χ3n) is 4.47. The van der Waals surface area contributed by atoms with E-state index in [0.29, 0.717) is 35.6 Å². The van der Waals surface area contributed by atoms with Gasteiger partial charge in [0.05, 0.1) is 23.6 Å². The van der Waals surface area contributed by atoms with Gasteiger partial charge in [-0.15, -0.1) is 0 Å². The molecule has 3 rings (SSSR count). The molecule has 0 radical (unpaired) electrons. The highest BCUT2D eigenvalue weighted by molar-refractivity contribution is 7.85. The van der Waals surface area contributed by atoms with Crippen molar-refractivity contribution < 1.29 is 32.0 Å². The highest BCUT2D eigenvalue weighted by Gasteiger charge is 2.23. The van der Waals surface area contributed by atoms with Crippen molar-refractivity contribution in [2.75, 3.05) is 12.4 Å². The zero-order valence-corrected chi connectivity index (χ0v) is 17.2. The van der Waals surface area contributed by atoms with E-state index < -0.39 is 21.8 Å². The molecular weight excluding hydrogens is 426 g/mol. The lowest BCUT2D eigenvalue weighted by molar-refractivity contribution is 0.0733. The van der Waals surface area contributed by atoms with Crippen molar-refractivity contribution in [2.45, 2.75) is 19.3 Å². The van der Waals surface area contributed by atoms with Crippen molar-refractivity contribution >= 4 is 33.5 Å². The van der Waals surface area contributed by atoms with Crippen LogP contribution in [0.1, 0.15) is 39.1 Å². The molecule has 0 unspecified atom stereocenters. The number of carbonyl (C=O) groups excluding carboxylic acids is 2. The van der Waals surface area contributed by atoms with E-state index in [-0.39, 0.29) is 35.9 Å². The number of fused-ring (bicyclic) bond motifs is 1. The molecule has 0 spiro atoms. The van der Waals surface area contributed by atoms with Crippen LogP contribution in [0.25, 0.3) is 0 Å². The lowest BCUT2D eigenvalue weighted by Gasteiger charge is -2.11. The number of ether oxygens (including phenoxy) is 2. The maximum atomic E-state index is 12.6. The van der Waals surface area contributed by atoms with Crippen molar-refractivity contribution in [3.8, 4) is 11.5 Å². The van der Waals surface area contributed by atoms with Gasteiger partial charge in [0, 0.05) is 30.0 Å². The van der Waals surface area contributed by atoms with Crippen molar-refractivity contribution in [1.82, 2.24) is 0 Å². The molecule has 10 nitrogen and oxygen atoms in total. The van der Waals surface area contributed by atoms with Gasteiger partial charge in [-0.25, -0.2) is 9.79 Å². The smallest absolute Gasteiger partial charge is 0.343 e. The average Bonchev–Trinajstić information content (AvgIpc) is 3.14. The molecule has 2 aromatic carbocycles. The Kier molecular flexibility index (Phi) is 6.56. The van der Waals surface area contributed by atoms with Gasteiger partial charge in [0.25, 0.3) is 10.1 Å². The fraction of sp³-hybridized carbons (Fsp3) is 0.250. The molecule has 1 aliphatic rings. The first kappa shape index (κ1) is 22.2. The van der Waals surface area contributed by atoms with Crippen LogP contribution < -0.4 is 20.9 Å². The van der Waals surface area contributed by atoms with Crippen LogP contribution in [-0.2, 0) is 16.5 Å². The number of hydrogen-bond acceptors (Lipinski definition) is 7. The Bertz CT molecular complexity index is 1140. The zero-order valence-electron chi connectivity index (χ0n) is 16.4. The normalized spacial score (nSPS) is 12.5. The number of ketones is 1. The Morgan fingerprint density at radius 3 is 2.52 bits per heavy atom. The molecule has 2 aromatic rings. The first-order chi connectivity index (χ1) is 14.6. The SMILES string of the molecule is NC(N)=Nc1ccc(C(=O)Oc2cc3c(c(C(=O)CCCS(=O)(=O)O)c2)CCO3)cc1. The topological polar surface area (TPSA) is 171 Å². The van der Waals surface area contributed by atoms with Crippen LogP contribution in [0.15, 0.2) is 41.4 Å². The Labute approximate surface area is 178 Å². The molecule has 0 amide bonds. The molecule has 5 N–H and O–H groups in total. The molecule has 0 saturated carbocycles. The molecule has 1 heterocycles. The number of nitrogens with zero attached hydrogens (tertiary/aromatic N) is 1. The standard InChI is InChI=1S/C20H21N3O7S/c21-20(22)23-13-5-3-12(4-6-13)19(25)30-14-10-16(15-7-8-29-18(15)11-14)17(24)2-1-9-31(26,27)28/h3-6,10-11H,1-2,7-9H2,(H4,21,22,23)(H,26,27,28). The molecule has 0 fully saturated rings. The van der Waals surface area contributed by atoms with E-state index in [2.05, 4.69) is 4.99 Å². The summed E-state index contributed by atoms with van der Waals surface area (Å²) in [6.45, 7) is 0.379. The van der Waals surface area contributed by atoms with Crippen LogP contribution in [0.2, 0.25) is 0 Å². The zero-order chi connectivity index (χ0) is 22.6.